The number of ether oxygens (including phenoxy) is 4. The van der Waals surface area contributed by atoms with E-state index in [1.807, 2.05) is 67.6 Å². The third-order valence-corrected chi connectivity index (χ3v) is 11.1. The molecule has 0 saturated carbocycles. The summed E-state index contributed by atoms with van der Waals surface area (Å²) in [6.45, 7) is 6.98. The van der Waals surface area contributed by atoms with E-state index in [2.05, 4.69) is 43.7 Å². The zero-order valence-corrected chi connectivity index (χ0v) is 37.9. The molecule has 0 radical (unpaired) electrons. The Morgan fingerprint density at radius 2 is 1.44 bits per heavy atom. The second-order valence-corrected chi connectivity index (χ2v) is 16.0. The van der Waals surface area contributed by atoms with Crippen molar-refractivity contribution < 1.29 is 47.7 Å². The van der Waals surface area contributed by atoms with Crippen LogP contribution in [-0.2, 0) is 56.0 Å². The van der Waals surface area contributed by atoms with Gasteiger partial charge in [-0.3, -0.25) is 34.1 Å². The Balaban J connectivity index is 0.718. The van der Waals surface area contributed by atoms with Crippen molar-refractivity contribution in [2.24, 2.45) is 0 Å². The summed E-state index contributed by atoms with van der Waals surface area (Å²) < 4.78 is 22.4. The van der Waals surface area contributed by atoms with Crippen molar-refractivity contribution in [2.45, 2.75) is 45.3 Å². The van der Waals surface area contributed by atoms with Crippen molar-refractivity contribution in [3.63, 3.8) is 0 Å². The Bertz CT molecular complexity index is 2570. The second-order valence-electron chi connectivity index (χ2n) is 16.0. The summed E-state index contributed by atoms with van der Waals surface area (Å²) in [7, 11) is 0. The molecule has 6 amide bonds. The molecule has 4 aromatic rings. The number of hydrogen-bond donors (Lipinski definition) is 6. The second kappa shape index (κ2) is 24.5. The van der Waals surface area contributed by atoms with Gasteiger partial charge in [-0.1, -0.05) is 54.5 Å². The molecule has 3 aliphatic rings. The van der Waals surface area contributed by atoms with E-state index in [1.165, 1.54) is 4.90 Å². The van der Waals surface area contributed by atoms with Crippen LogP contribution in [0.2, 0.25) is 0 Å². The lowest BCUT2D eigenvalue weighted by atomic mass is 9.99. The number of hydrogen-bond acceptors (Lipinski definition) is 12. The number of carbonyl (C=O) groups is 6. The van der Waals surface area contributed by atoms with Crippen LogP contribution in [0.5, 0.6) is 0 Å². The minimum Gasteiger partial charge on any atom is -0.379 e. The molecule has 7 rings (SSSR count). The number of piperidine rings is 1. The first-order valence-electron chi connectivity index (χ1n) is 22.7. The van der Waals surface area contributed by atoms with Gasteiger partial charge in [-0.25, -0.2) is 0 Å². The van der Waals surface area contributed by atoms with Crippen LogP contribution in [0, 0.1) is 11.8 Å². The molecule has 3 heterocycles. The molecule has 0 aliphatic carbocycles. The Labute approximate surface area is 394 Å². The molecule has 68 heavy (non-hydrogen) atoms. The summed E-state index contributed by atoms with van der Waals surface area (Å²) in [5.41, 5.74) is 7.68. The topological polar surface area (TPSA) is 215 Å². The van der Waals surface area contributed by atoms with Gasteiger partial charge in [0.25, 0.3) is 17.7 Å². The van der Waals surface area contributed by atoms with Gasteiger partial charge in [-0.15, -0.1) is 0 Å². The number of nitrogens with zero attached hydrogens (tertiary/aromatic N) is 1. The van der Waals surface area contributed by atoms with E-state index in [1.54, 1.807) is 30.3 Å². The highest BCUT2D eigenvalue weighted by Gasteiger charge is 2.39. The summed E-state index contributed by atoms with van der Waals surface area (Å²) in [6, 6.07) is 27.5. The van der Waals surface area contributed by atoms with Crippen LogP contribution in [-0.4, -0.2) is 112 Å². The molecule has 6 N–H and O–H groups in total. The van der Waals surface area contributed by atoms with Crippen molar-refractivity contribution >= 4 is 63.8 Å². The molecule has 1 saturated heterocycles. The molecule has 3 aliphatic heterocycles. The predicted octanol–water partition coefficient (Wildman–Crippen LogP) is 4.05. The molecule has 0 bridgehead atoms. The third-order valence-electron chi connectivity index (χ3n) is 11.1. The number of carbonyl (C=O) groups excluding carboxylic acids is 6. The van der Waals surface area contributed by atoms with E-state index >= 15 is 0 Å². The van der Waals surface area contributed by atoms with Gasteiger partial charge >= 0.3 is 0 Å². The zero-order chi connectivity index (χ0) is 47.7. The molecule has 0 aromatic heterocycles. The van der Waals surface area contributed by atoms with Crippen LogP contribution in [0.4, 0.5) is 17.1 Å². The average Bonchev–Trinajstić information content (AvgIpc) is 3.84. The highest BCUT2D eigenvalue weighted by atomic mass is 16.6. The van der Waals surface area contributed by atoms with Crippen LogP contribution < -0.4 is 31.9 Å². The first kappa shape index (κ1) is 48.7. The van der Waals surface area contributed by atoms with Crippen LogP contribution in [0.1, 0.15) is 64.4 Å². The van der Waals surface area contributed by atoms with Gasteiger partial charge in [0.1, 0.15) is 6.04 Å². The van der Waals surface area contributed by atoms with Crippen LogP contribution in [0.3, 0.4) is 0 Å². The molecule has 1 atom stereocenters. The maximum Gasteiger partial charge on any atom is 0.296 e. The SMILES string of the molecule is CCNC(=O)C#Cc1ccc2c(c1)NC(=O)/C2=C(\Nc1ccc(CNCCOCCOCCOCCOCCC(=O)Nc2ccc3c(c2)CN(C2CCC(=O)NC2=O)C3=O)cc1)c1ccccc1. The number of amides is 6. The molecule has 1 unspecified atom stereocenters. The zero-order valence-electron chi connectivity index (χ0n) is 37.9. The lowest BCUT2D eigenvalue weighted by molar-refractivity contribution is -0.137. The Morgan fingerprint density at radius 3 is 2.16 bits per heavy atom. The quantitative estimate of drug-likeness (QED) is 0.0269. The molecule has 4 aromatic carbocycles. The fourth-order valence-corrected chi connectivity index (χ4v) is 7.75. The van der Waals surface area contributed by atoms with E-state index in [0.29, 0.717) is 105 Å². The highest BCUT2D eigenvalue weighted by Crippen LogP contribution is 2.38. The van der Waals surface area contributed by atoms with Gasteiger partial charge in [0.15, 0.2) is 0 Å². The molecule has 17 heteroatoms. The molecular formula is C51H55N7O10. The maximum absolute atomic E-state index is 13.4. The summed E-state index contributed by atoms with van der Waals surface area (Å²) in [5.74, 6) is 3.54. The first-order valence-corrected chi connectivity index (χ1v) is 22.7. The summed E-state index contributed by atoms with van der Waals surface area (Å²) >= 11 is 0. The van der Waals surface area contributed by atoms with Gasteiger partial charge in [0.2, 0.25) is 17.7 Å². The molecule has 354 valence electrons. The van der Waals surface area contributed by atoms with E-state index in [4.69, 9.17) is 18.9 Å². The standard InChI is InChI=1S/C51H55N7O10/c1-2-53-44(59)18-11-34-10-15-41-42(30-34)56-50(63)47(41)48(36-6-4-3-5-7-36)55-38-12-8-35(9-13-38)32-52-21-23-66-25-27-68-29-28-67-26-24-65-22-20-46(61)54-39-14-16-40-37(31-39)33-58(51(40)64)43-17-19-45(60)57-49(43)62/h3-10,12-16,30-31,43,52,55H,2,17,19-29,32-33H2,1H3,(H,53,59)(H,54,61)(H,56,63)(H,57,60,62)/b48-47-. The largest absolute Gasteiger partial charge is 0.379 e. The third kappa shape index (κ3) is 13.5. The van der Waals surface area contributed by atoms with Gasteiger partial charge in [-0.2, -0.15) is 0 Å². The van der Waals surface area contributed by atoms with Gasteiger partial charge in [0, 0.05) is 66.6 Å². The van der Waals surface area contributed by atoms with E-state index in [-0.39, 0.29) is 62.0 Å². The van der Waals surface area contributed by atoms with Crippen molar-refractivity contribution in [1.82, 2.24) is 20.9 Å². The average molecular weight is 926 g/mol. The lowest BCUT2D eigenvalue weighted by Gasteiger charge is -2.29. The minimum atomic E-state index is -0.695. The lowest BCUT2D eigenvalue weighted by Crippen LogP contribution is -2.52. The van der Waals surface area contributed by atoms with Crippen molar-refractivity contribution in [2.75, 3.05) is 81.9 Å². The van der Waals surface area contributed by atoms with E-state index in [0.717, 1.165) is 22.4 Å². The fourth-order valence-electron chi connectivity index (χ4n) is 7.75. The number of rotatable bonds is 23. The fraction of sp³-hybridized carbons (Fsp3) is 0.333. The van der Waals surface area contributed by atoms with Crippen LogP contribution >= 0.6 is 0 Å². The highest BCUT2D eigenvalue weighted by molar-refractivity contribution is 6.37. The number of imide groups is 1. The smallest absolute Gasteiger partial charge is 0.296 e. The maximum atomic E-state index is 13.4. The summed E-state index contributed by atoms with van der Waals surface area (Å²) in [4.78, 5) is 75.9. The minimum absolute atomic E-state index is 0.140. The van der Waals surface area contributed by atoms with Crippen molar-refractivity contribution in [3.05, 3.63) is 124 Å². The summed E-state index contributed by atoms with van der Waals surface area (Å²) in [5, 5.41) is 17.6. The van der Waals surface area contributed by atoms with E-state index < -0.39 is 11.9 Å². The molecule has 1 fully saturated rings. The number of nitrogens with one attached hydrogen (secondary N) is 6. The first-order chi connectivity index (χ1) is 33.2. The van der Waals surface area contributed by atoms with E-state index in [9.17, 15) is 28.8 Å². The van der Waals surface area contributed by atoms with Crippen molar-refractivity contribution in [1.29, 1.82) is 0 Å². The number of benzene rings is 4. The monoisotopic (exact) mass is 925 g/mol. The number of anilines is 3. The van der Waals surface area contributed by atoms with Crippen molar-refractivity contribution in [3.8, 4) is 11.8 Å². The molecule has 17 nitrogen and oxygen atoms in total. The Kier molecular flexibility index (Phi) is 17.6. The normalized spacial score (nSPS) is 15.7. The number of fused-ring (bicyclic) bond motifs is 2. The summed E-state index contributed by atoms with van der Waals surface area (Å²) in [6.07, 6.45) is 0.610. The van der Waals surface area contributed by atoms with Gasteiger partial charge in [-0.05, 0) is 72.5 Å². The Morgan fingerprint density at radius 1 is 0.750 bits per heavy atom. The predicted molar refractivity (Wildman–Crippen MR) is 255 cm³/mol. The van der Waals surface area contributed by atoms with Crippen LogP contribution in [0.15, 0.2) is 91.0 Å². The molecular weight excluding hydrogens is 871 g/mol. The van der Waals surface area contributed by atoms with Crippen LogP contribution in [0.25, 0.3) is 11.3 Å². The Hall–Kier alpha value is -7.20. The molecule has 0 spiro atoms. The van der Waals surface area contributed by atoms with Gasteiger partial charge in [0.05, 0.1) is 76.2 Å². The van der Waals surface area contributed by atoms with Gasteiger partial charge < -0.3 is 50.4 Å².